The molecule has 0 N–H and O–H groups in total. The molecule has 39 heavy (non-hydrogen) atoms. The Bertz CT molecular complexity index is 1120. The lowest BCUT2D eigenvalue weighted by Gasteiger charge is -2.39. The monoisotopic (exact) mass is 555 g/mol. The van der Waals surface area contributed by atoms with E-state index in [2.05, 4.69) is 9.88 Å². The van der Waals surface area contributed by atoms with E-state index in [0.29, 0.717) is 64.7 Å². The average molecular weight is 556 g/mol. The number of hydrogen-bond acceptors (Lipinski definition) is 9. The summed E-state index contributed by atoms with van der Waals surface area (Å²) in [6.45, 7) is 9.25. The predicted octanol–water partition coefficient (Wildman–Crippen LogP) is 1.98. The van der Waals surface area contributed by atoms with Crippen molar-refractivity contribution >= 4 is 35.1 Å². The largest absolute Gasteiger partial charge is 0.465 e. The summed E-state index contributed by atoms with van der Waals surface area (Å²) >= 11 is 1.54. The topological polar surface area (TPSA) is 102 Å². The number of carbonyl (C=O) groups is 3. The maximum absolute atomic E-state index is 13.1. The van der Waals surface area contributed by atoms with Crippen molar-refractivity contribution in [3.63, 3.8) is 0 Å². The second kappa shape index (κ2) is 12.7. The Kier molecular flexibility index (Phi) is 8.92. The Labute approximate surface area is 233 Å². The number of pyridine rings is 1. The fraction of sp³-hybridized carbons (Fsp3) is 0.593. The third-order valence-corrected chi connectivity index (χ3v) is 8.70. The molecule has 2 aromatic rings. The Morgan fingerprint density at radius 2 is 1.62 bits per heavy atom. The predicted molar refractivity (Wildman–Crippen MR) is 148 cm³/mol. The van der Waals surface area contributed by atoms with Crippen molar-refractivity contribution in [2.45, 2.75) is 25.7 Å². The highest BCUT2D eigenvalue weighted by Crippen LogP contribution is 2.31. The molecule has 0 saturated carbocycles. The van der Waals surface area contributed by atoms with Crippen LogP contribution in [0.1, 0.15) is 41.2 Å². The van der Waals surface area contributed by atoms with E-state index >= 15 is 0 Å². The van der Waals surface area contributed by atoms with E-state index in [1.54, 1.807) is 24.5 Å². The highest BCUT2D eigenvalue weighted by atomic mass is 32.1. The number of piperazine rings is 2. The fourth-order valence-corrected chi connectivity index (χ4v) is 6.38. The summed E-state index contributed by atoms with van der Waals surface area (Å²) in [6.07, 6.45) is 3.51. The zero-order valence-corrected chi connectivity index (χ0v) is 23.4. The molecular formula is C27H37N7O4S. The summed E-state index contributed by atoms with van der Waals surface area (Å²) in [5.74, 6) is 0.953. The van der Waals surface area contributed by atoms with Crippen molar-refractivity contribution in [3.8, 4) is 0 Å². The van der Waals surface area contributed by atoms with Crippen LogP contribution in [0.4, 0.5) is 10.6 Å². The SMILES string of the molecule is CCOC(=O)CN1CCN(C(=O)c2csc(C3CCN(C(=O)N4CCN(c5ccccn5)CC4)CC3)n2)CC1. The van der Waals surface area contributed by atoms with E-state index in [4.69, 9.17) is 9.72 Å². The van der Waals surface area contributed by atoms with Crippen molar-refractivity contribution in [3.05, 3.63) is 40.5 Å². The van der Waals surface area contributed by atoms with Gasteiger partial charge < -0.3 is 24.3 Å². The van der Waals surface area contributed by atoms with Crippen LogP contribution >= 0.6 is 11.3 Å². The van der Waals surface area contributed by atoms with E-state index in [0.717, 1.165) is 36.8 Å². The van der Waals surface area contributed by atoms with Gasteiger partial charge in [0.25, 0.3) is 5.91 Å². The number of ether oxygens (including phenoxy) is 1. The first-order valence-corrected chi connectivity index (χ1v) is 14.7. The van der Waals surface area contributed by atoms with Crippen molar-refractivity contribution in [2.75, 3.05) is 83.5 Å². The van der Waals surface area contributed by atoms with Crippen molar-refractivity contribution in [1.29, 1.82) is 0 Å². The lowest BCUT2D eigenvalue weighted by Crippen LogP contribution is -2.54. The lowest BCUT2D eigenvalue weighted by molar-refractivity contribution is -0.144. The highest BCUT2D eigenvalue weighted by Gasteiger charge is 2.31. The maximum atomic E-state index is 13.1. The van der Waals surface area contributed by atoms with Gasteiger partial charge in [-0.2, -0.15) is 0 Å². The number of thiazole rings is 1. The molecule has 210 valence electrons. The number of amides is 3. The minimum absolute atomic E-state index is 0.0502. The Balaban J connectivity index is 1.06. The van der Waals surface area contributed by atoms with Crippen LogP contribution in [0.15, 0.2) is 29.8 Å². The maximum Gasteiger partial charge on any atom is 0.320 e. The second-order valence-corrected chi connectivity index (χ2v) is 11.0. The molecular weight excluding hydrogens is 518 g/mol. The van der Waals surface area contributed by atoms with Crippen LogP contribution in [0.2, 0.25) is 0 Å². The number of hydrogen-bond donors (Lipinski definition) is 0. The van der Waals surface area contributed by atoms with Crippen molar-refractivity contribution in [2.24, 2.45) is 0 Å². The molecule has 0 atom stereocenters. The molecule has 0 spiro atoms. The van der Waals surface area contributed by atoms with E-state index in [1.807, 2.05) is 43.2 Å². The first-order chi connectivity index (χ1) is 19.0. The third kappa shape index (κ3) is 6.67. The van der Waals surface area contributed by atoms with Gasteiger partial charge in [-0.1, -0.05) is 6.07 Å². The number of aromatic nitrogens is 2. The van der Waals surface area contributed by atoms with Crippen LogP contribution in [0.3, 0.4) is 0 Å². The third-order valence-electron chi connectivity index (χ3n) is 7.70. The van der Waals surface area contributed by atoms with E-state index < -0.39 is 0 Å². The molecule has 3 fully saturated rings. The van der Waals surface area contributed by atoms with Gasteiger partial charge in [-0.25, -0.2) is 14.8 Å². The van der Waals surface area contributed by atoms with Crippen LogP contribution in [0, 0.1) is 0 Å². The molecule has 0 aliphatic carbocycles. The number of likely N-dealkylation sites (tertiary alicyclic amines) is 1. The number of piperidine rings is 1. The quantitative estimate of drug-likeness (QED) is 0.499. The summed E-state index contributed by atoms with van der Waals surface area (Å²) in [5, 5.41) is 2.84. The van der Waals surface area contributed by atoms with Crippen LogP contribution < -0.4 is 4.90 Å². The van der Waals surface area contributed by atoms with Gasteiger partial charge in [0.05, 0.1) is 18.2 Å². The van der Waals surface area contributed by atoms with Gasteiger partial charge in [0.1, 0.15) is 11.5 Å². The molecule has 3 amide bonds. The Hall–Kier alpha value is -3.25. The van der Waals surface area contributed by atoms with Crippen LogP contribution in [0.25, 0.3) is 0 Å². The van der Waals surface area contributed by atoms with Crippen LogP contribution in [-0.2, 0) is 9.53 Å². The fourth-order valence-electron chi connectivity index (χ4n) is 5.42. The number of nitrogens with zero attached hydrogens (tertiary/aromatic N) is 7. The zero-order valence-electron chi connectivity index (χ0n) is 22.5. The molecule has 3 aliphatic rings. The Morgan fingerprint density at radius 3 is 2.28 bits per heavy atom. The highest BCUT2D eigenvalue weighted by molar-refractivity contribution is 7.09. The Morgan fingerprint density at radius 1 is 0.923 bits per heavy atom. The summed E-state index contributed by atoms with van der Waals surface area (Å²) in [7, 11) is 0. The van der Waals surface area contributed by atoms with Gasteiger partial charge in [0.15, 0.2) is 0 Å². The zero-order chi connectivity index (χ0) is 27.2. The van der Waals surface area contributed by atoms with Gasteiger partial charge in [0, 0.05) is 82.9 Å². The van der Waals surface area contributed by atoms with Gasteiger partial charge in [0.2, 0.25) is 0 Å². The first kappa shape index (κ1) is 27.3. The van der Waals surface area contributed by atoms with E-state index in [-0.39, 0.29) is 30.4 Å². The molecule has 5 rings (SSSR count). The van der Waals surface area contributed by atoms with Gasteiger partial charge in [-0.15, -0.1) is 11.3 Å². The second-order valence-electron chi connectivity index (χ2n) is 10.2. The normalized spacial score (nSPS) is 19.3. The summed E-state index contributed by atoms with van der Waals surface area (Å²) < 4.78 is 5.02. The molecule has 11 nitrogen and oxygen atoms in total. The number of anilines is 1. The first-order valence-electron chi connectivity index (χ1n) is 13.8. The lowest BCUT2D eigenvalue weighted by atomic mass is 9.98. The number of urea groups is 1. The minimum Gasteiger partial charge on any atom is -0.465 e. The molecule has 3 aliphatic heterocycles. The minimum atomic E-state index is -0.225. The average Bonchev–Trinajstić information content (AvgIpc) is 3.48. The van der Waals surface area contributed by atoms with E-state index in [9.17, 15) is 14.4 Å². The van der Waals surface area contributed by atoms with Gasteiger partial charge in [-0.05, 0) is 31.9 Å². The molecule has 0 bridgehead atoms. The number of rotatable bonds is 6. The standard InChI is InChI=1S/C27H37N7O4S/c1-2-38-24(35)19-30-11-13-32(14-12-30)26(36)22-20-39-25(29-22)21-6-9-33(10-7-21)27(37)34-17-15-31(16-18-34)23-5-3-4-8-28-23/h3-5,8,20-21H,2,6-7,9-19H2,1H3. The van der Waals surface area contributed by atoms with Gasteiger partial charge in [-0.3, -0.25) is 14.5 Å². The van der Waals surface area contributed by atoms with Crippen LogP contribution in [0.5, 0.6) is 0 Å². The molecule has 0 unspecified atom stereocenters. The molecule has 5 heterocycles. The summed E-state index contributed by atoms with van der Waals surface area (Å²) in [4.78, 5) is 57.0. The molecule has 0 radical (unpaired) electrons. The van der Waals surface area contributed by atoms with Crippen molar-refractivity contribution in [1.82, 2.24) is 29.6 Å². The van der Waals surface area contributed by atoms with Gasteiger partial charge >= 0.3 is 12.0 Å². The summed E-state index contributed by atoms with van der Waals surface area (Å²) in [6, 6.07) is 6.03. The van der Waals surface area contributed by atoms with Crippen LogP contribution in [-0.4, -0.2) is 126 Å². The summed E-state index contributed by atoms with van der Waals surface area (Å²) in [5.41, 5.74) is 0.498. The molecule has 2 aromatic heterocycles. The number of esters is 1. The molecule has 0 aromatic carbocycles. The number of carbonyl (C=O) groups excluding carboxylic acids is 3. The smallest absolute Gasteiger partial charge is 0.320 e. The van der Waals surface area contributed by atoms with E-state index in [1.165, 1.54) is 0 Å². The molecule has 3 saturated heterocycles. The van der Waals surface area contributed by atoms with Crippen molar-refractivity contribution < 1.29 is 19.1 Å². The molecule has 12 heteroatoms.